The van der Waals surface area contributed by atoms with Crippen LogP contribution in [-0.2, 0) is 14.9 Å². The van der Waals surface area contributed by atoms with Crippen LogP contribution in [0.3, 0.4) is 0 Å². The van der Waals surface area contributed by atoms with Gasteiger partial charge in [0.05, 0.1) is 13.0 Å². The Morgan fingerprint density at radius 2 is 2.17 bits per heavy atom. The minimum absolute atomic E-state index is 0.147. The summed E-state index contributed by atoms with van der Waals surface area (Å²) in [6, 6.07) is 8.51. The molecule has 2 fully saturated rings. The molecule has 0 radical (unpaired) electrons. The minimum atomic E-state index is -0.484. The first-order valence-corrected chi connectivity index (χ1v) is 8.68. The number of hydrogen-bond acceptors (Lipinski definition) is 3. The maximum atomic E-state index is 12.8. The number of piperidine rings is 1. The van der Waals surface area contributed by atoms with Crippen molar-refractivity contribution in [2.45, 2.75) is 32.1 Å². The Kier molecular flexibility index (Phi) is 4.52. The number of rotatable bonds is 5. The van der Waals surface area contributed by atoms with Crippen LogP contribution in [-0.4, -0.2) is 43.6 Å². The molecule has 5 heteroatoms. The zero-order valence-corrected chi connectivity index (χ0v) is 14.7. The van der Waals surface area contributed by atoms with Crippen molar-refractivity contribution in [2.75, 3.05) is 26.7 Å². The molecule has 1 N–H and O–H groups in total. The predicted octanol–water partition coefficient (Wildman–Crippen LogP) is 2.48. The Bertz CT molecular complexity index is 645. The van der Waals surface area contributed by atoms with Crippen molar-refractivity contribution >= 4 is 12.0 Å². The van der Waals surface area contributed by atoms with Gasteiger partial charge in [0.15, 0.2) is 0 Å². The molecule has 1 aromatic carbocycles. The van der Waals surface area contributed by atoms with E-state index in [-0.39, 0.29) is 17.2 Å². The fraction of sp³-hybridized carbons (Fsp3) is 0.579. The molecule has 0 bridgehead atoms. The number of ether oxygens (including phenoxy) is 1. The van der Waals surface area contributed by atoms with Gasteiger partial charge in [0.25, 0.3) is 0 Å². The average Bonchev–Trinajstić information content (AvgIpc) is 3.16. The number of benzene rings is 1. The third-order valence-electron chi connectivity index (χ3n) is 5.66. The maximum Gasteiger partial charge on any atom is 0.406 e. The average molecular weight is 330 g/mol. The van der Waals surface area contributed by atoms with Gasteiger partial charge in [-0.25, -0.2) is 4.79 Å². The summed E-state index contributed by atoms with van der Waals surface area (Å²) >= 11 is 0. The topological polar surface area (TPSA) is 58.6 Å². The normalized spacial score (nSPS) is 25.8. The zero-order valence-electron chi connectivity index (χ0n) is 14.7. The molecule has 1 aliphatic heterocycles. The first-order chi connectivity index (χ1) is 11.5. The third-order valence-corrected chi connectivity index (χ3v) is 5.66. The number of carbonyl (C=O) groups excluding carboxylic acids is 2. The highest BCUT2D eigenvalue weighted by Gasteiger charge is 2.62. The van der Waals surface area contributed by atoms with Gasteiger partial charge >= 0.3 is 6.09 Å². The molecule has 1 aliphatic carbocycles. The van der Waals surface area contributed by atoms with Gasteiger partial charge in [-0.1, -0.05) is 31.2 Å². The SMILES string of the molecule is CCC(CNC(=O)OC)C(=O)N1CC2CC2(c2ccccc2C)C1. The first kappa shape index (κ1) is 16.8. The molecule has 3 rings (SSSR count). The summed E-state index contributed by atoms with van der Waals surface area (Å²) in [4.78, 5) is 26.1. The number of nitrogens with one attached hydrogen (secondary N) is 1. The molecular weight excluding hydrogens is 304 g/mol. The minimum Gasteiger partial charge on any atom is -0.453 e. The van der Waals surface area contributed by atoms with Crippen LogP contribution in [0.5, 0.6) is 0 Å². The summed E-state index contributed by atoms with van der Waals surface area (Å²) in [6.45, 7) is 6.10. The van der Waals surface area contributed by atoms with Crippen LogP contribution >= 0.6 is 0 Å². The number of carbonyl (C=O) groups is 2. The predicted molar refractivity (Wildman–Crippen MR) is 91.7 cm³/mol. The number of methoxy groups -OCH3 is 1. The first-order valence-electron chi connectivity index (χ1n) is 8.68. The third kappa shape index (κ3) is 2.87. The lowest BCUT2D eigenvalue weighted by Gasteiger charge is -2.26. The number of amides is 2. The molecule has 130 valence electrons. The van der Waals surface area contributed by atoms with Gasteiger partial charge in [0, 0.05) is 25.0 Å². The Hall–Kier alpha value is -2.04. The summed E-state index contributed by atoms with van der Waals surface area (Å²) in [5.41, 5.74) is 2.87. The van der Waals surface area contributed by atoms with Crippen LogP contribution in [0.1, 0.15) is 30.9 Å². The molecule has 5 nitrogen and oxygen atoms in total. The van der Waals surface area contributed by atoms with Gasteiger partial charge in [0.1, 0.15) is 0 Å². The summed E-state index contributed by atoms with van der Waals surface area (Å²) in [5, 5.41) is 2.65. The molecule has 3 atom stereocenters. The second-order valence-electron chi connectivity index (χ2n) is 7.07. The van der Waals surface area contributed by atoms with Crippen molar-refractivity contribution in [3.63, 3.8) is 0 Å². The van der Waals surface area contributed by atoms with E-state index in [2.05, 4.69) is 41.2 Å². The second kappa shape index (κ2) is 6.46. The zero-order chi connectivity index (χ0) is 17.3. The van der Waals surface area contributed by atoms with E-state index in [0.29, 0.717) is 18.9 Å². The van der Waals surface area contributed by atoms with E-state index < -0.39 is 6.09 Å². The van der Waals surface area contributed by atoms with E-state index in [0.717, 1.165) is 13.1 Å². The molecule has 0 aromatic heterocycles. The summed E-state index contributed by atoms with van der Waals surface area (Å²) < 4.78 is 4.59. The summed E-state index contributed by atoms with van der Waals surface area (Å²) in [6.07, 6.45) is 1.40. The van der Waals surface area contributed by atoms with Gasteiger partial charge in [-0.2, -0.15) is 0 Å². The van der Waals surface area contributed by atoms with Crippen molar-refractivity contribution in [3.8, 4) is 0 Å². The fourth-order valence-electron chi connectivity index (χ4n) is 4.14. The molecule has 24 heavy (non-hydrogen) atoms. The molecule has 1 saturated heterocycles. The molecule has 2 amide bonds. The van der Waals surface area contributed by atoms with Crippen LogP contribution < -0.4 is 5.32 Å². The molecule has 1 saturated carbocycles. The highest BCUT2D eigenvalue weighted by atomic mass is 16.5. The Labute approximate surface area is 143 Å². The van der Waals surface area contributed by atoms with E-state index in [1.54, 1.807) is 0 Å². The molecule has 0 spiro atoms. The van der Waals surface area contributed by atoms with Crippen LogP contribution in [0.25, 0.3) is 0 Å². The van der Waals surface area contributed by atoms with Gasteiger partial charge < -0.3 is 15.0 Å². The standard InChI is InChI=1S/C19H26N2O3/c1-4-14(10-20-18(23)24-3)17(22)21-11-15-9-19(15,12-21)16-8-6-5-7-13(16)2/h5-8,14-15H,4,9-12H2,1-3H3,(H,20,23). The number of fused-ring (bicyclic) bond motifs is 1. The number of hydrogen-bond donors (Lipinski definition) is 1. The summed E-state index contributed by atoms with van der Waals surface area (Å²) in [7, 11) is 1.33. The maximum absolute atomic E-state index is 12.8. The van der Waals surface area contributed by atoms with E-state index >= 15 is 0 Å². The lowest BCUT2D eigenvalue weighted by molar-refractivity contribution is -0.135. The largest absolute Gasteiger partial charge is 0.453 e. The Morgan fingerprint density at radius 3 is 2.83 bits per heavy atom. The molecule has 2 aliphatic rings. The smallest absolute Gasteiger partial charge is 0.406 e. The van der Waals surface area contributed by atoms with Gasteiger partial charge in [-0.05, 0) is 36.8 Å². The Morgan fingerprint density at radius 1 is 1.42 bits per heavy atom. The van der Waals surface area contributed by atoms with E-state index in [1.165, 1.54) is 24.7 Å². The number of alkyl carbamates (subject to hydrolysis) is 1. The molecule has 1 heterocycles. The van der Waals surface area contributed by atoms with Crippen LogP contribution in [0.2, 0.25) is 0 Å². The van der Waals surface area contributed by atoms with Crippen LogP contribution in [0.4, 0.5) is 4.79 Å². The van der Waals surface area contributed by atoms with E-state index in [9.17, 15) is 9.59 Å². The van der Waals surface area contributed by atoms with Crippen molar-refractivity contribution in [2.24, 2.45) is 11.8 Å². The van der Waals surface area contributed by atoms with Gasteiger partial charge in [0.2, 0.25) is 5.91 Å². The molecular formula is C19H26N2O3. The quantitative estimate of drug-likeness (QED) is 0.902. The van der Waals surface area contributed by atoms with Crippen molar-refractivity contribution in [1.29, 1.82) is 0 Å². The molecule has 3 unspecified atom stereocenters. The Balaban J connectivity index is 1.66. The van der Waals surface area contributed by atoms with Crippen LogP contribution in [0.15, 0.2) is 24.3 Å². The highest BCUT2D eigenvalue weighted by molar-refractivity contribution is 5.80. The number of nitrogens with zero attached hydrogens (tertiary/aromatic N) is 1. The lowest BCUT2D eigenvalue weighted by atomic mass is 9.91. The summed E-state index contributed by atoms with van der Waals surface area (Å²) in [5.74, 6) is 0.540. The van der Waals surface area contributed by atoms with Gasteiger partial charge in [-0.15, -0.1) is 0 Å². The van der Waals surface area contributed by atoms with Crippen molar-refractivity contribution < 1.29 is 14.3 Å². The highest BCUT2D eigenvalue weighted by Crippen LogP contribution is 2.59. The second-order valence-corrected chi connectivity index (χ2v) is 7.07. The monoisotopic (exact) mass is 330 g/mol. The van der Waals surface area contributed by atoms with E-state index in [1.807, 2.05) is 11.8 Å². The lowest BCUT2D eigenvalue weighted by Crippen LogP contribution is -2.42. The number of aryl methyl sites for hydroxylation is 1. The van der Waals surface area contributed by atoms with Gasteiger partial charge in [-0.3, -0.25) is 4.79 Å². The fourth-order valence-corrected chi connectivity index (χ4v) is 4.14. The van der Waals surface area contributed by atoms with E-state index in [4.69, 9.17) is 0 Å². The number of likely N-dealkylation sites (tertiary alicyclic amines) is 1. The van der Waals surface area contributed by atoms with Crippen LogP contribution in [0, 0.1) is 18.8 Å². The van der Waals surface area contributed by atoms with Crippen molar-refractivity contribution in [3.05, 3.63) is 35.4 Å². The van der Waals surface area contributed by atoms with Crippen molar-refractivity contribution in [1.82, 2.24) is 10.2 Å². The molecule has 1 aromatic rings.